The van der Waals surface area contributed by atoms with E-state index in [1.807, 2.05) is 0 Å². The summed E-state index contributed by atoms with van der Waals surface area (Å²) in [5.41, 5.74) is 0.373. The number of alkyl halides is 3. The predicted octanol–water partition coefficient (Wildman–Crippen LogP) is 5.62. The number of H-pyrrole nitrogens is 1. The van der Waals surface area contributed by atoms with E-state index in [9.17, 15) is 23.1 Å². The van der Waals surface area contributed by atoms with Crippen molar-refractivity contribution in [3.8, 4) is 28.3 Å². The fourth-order valence-corrected chi connectivity index (χ4v) is 4.28. The second kappa shape index (κ2) is 10.7. The van der Waals surface area contributed by atoms with Crippen molar-refractivity contribution in [1.29, 1.82) is 0 Å². The number of aromatic nitrogens is 5. The van der Waals surface area contributed by atoms with E-state index < -0.39 is 23.0 Å². The maximum Gasteiger partial charge on any atom is 0.433 e. The molecule has 0 amide bonds. The fraction of sp³-hybridized carbons (Fsp3) is 0.233. The number of aryl methyl sites for hydroxylation is 1. The van der Waals surface area contributed by atoms with Crippen LogP contribution in [0.1, 0.15) is 36.6 Å². The third-order valence-electron chi connectivity index (χ3n) is 6.26. The number of aromatic amines is 1. The van der Waals surface area contributed by atoms with E-state index in [2.05, 4.69) is 24.9 Å². The van der Waals surface area contributed by atoms with Crippen molar-refractivity contribution < 1.29 is 23.0 Å². The molecular formula is C30H26F3N5O3. The number of nitrogens with one attached hydrogen (secondary N) is 1. The molecule has 0 saturated heterocycles. The second-order valence-corrected chi connectivity index (χ2v) is 10.0. The molecule has 0 spiro atoms. The van der Waals surface area contributed by atoms with Crippen molar-refractivity contribution in [3.05, 3.63) is 99.9 Å². The number of fused-ring (bicyclic) bond motifs is 1. The smallest absolute Gasteiger partial charge is 0.433 e. The van der Waals surface area contributed by atoms with Gasteiger partial charge >= 0.3 is 6.18 Å². The van der Waals surface area contributed by atoms with Crippen LogP contribution in [0.2, 0.25) is 0 Å². The molecule has 0 bridgehead atoms. The molecule has 0 aliphatic carbocycles. The first kappa shape index (κ1) is 27.9. The van der Waals surface area contributed by atoms with Gasteiger partial charge in [-0.25, -0.2) is 15.0 Å². The van der Waals surface area contributed by atoms with E-state index in [1.165, 1.54) is 19.1 Å². The molecule has 1 aromatic carbocycles. The number of aliphatic hydroxyl groups is 1. The van der Waals surface area contributed by atoms with Gasteiger partial charge in [-0.05, 0) is 45.0 Å². The number of halogens is 3. The molecule has 0 fully saturated rings. The Kier molecular flexibility index (Phi) is 7.31. The Morgan fingerprint density at radius 2 is 1.59 bits per heavy atom. The van der Waals surface area contributed by atoms with Crippen molar-refractivity contribution in [2.75, 3.05) is 6.61 Å². The quantitative estimate of drug-likeness (QED) is 0.265. The Morgan fingerprint density at radius 3 is 2.29 bits per heavy atom. The van der Waals surface area contributed by atoms with Crippen LogP contribution in [0.3, 0.4) is 0 Å². The summed E-state index contributed by atoms with van der Waals surface area (Å²) >= 11 is 0. The third kappa shape index (κ3) is 6.25. The summed E-state index contributed by atoms with van der Waals surface area (Å²) in [7, 11) is 0. The number of benzene rings is 1. The number of nitrogens with zero attached hydrogens (tertiary/aromatic N) is 4. The highest BCUT2D eigenvalue weighted by molar-refractivity contribution is 5.85. The van der Waals surface area contributed by atoms with Crippen molar-refractivity contribution in [2.24, 2.45) is 0 Å². The molecule has 11 heteroatoms. The lowest BCUT2D eigenvalue weighted by atomic mass is 10.0. The summed E-state index contributed by atoms with van der Waals surface area (Å²) in [6, 6.07) is 18.0. The molecule has 0 unspecified atom stereocenters. The summed E-state index contributed by atoms with van der Waals surface area (Å²) in [4.78, 5) is 32.8. The summed E-state index contributed by atoms with van der Waals surface area (Å²) < 4.78 is 46.5. The van der Waals surface area contributed by atoms with Gasteiger partial charge in [-0.3, -0.25) is 9.78 Å². The molecular weight excluding hydrogens is 535 g/mol. The van der Waals surface area contributed by atoms with Gasteiger partial charge in [0.2, 0.25) is 0 Å². The standard InChI is InChI=1S/C30H26F3N5O3/c1-17-14-19(15-24(34-17)30(31,32)33)26-25(18-8-5-4-6-9-18)37-27-21(36-26)16-22(28(39)38-27)41-13-12-20-10-7-11-23(35-20)29(2,3)40/h4-11,14-16,40H,12-13H2,1-3H3,(H,37,38,39). The van der Waals surface area contributed by atoms with E-state index in [0.29, 0.717) is 29.1 Å². The van der Waals surface area contributed by atoms with Crippen molar-refractivity contribution in [2.45, 2.75) is 39.0 Å². The zero-order valence-corrected chi connectivity index (χ0v) is 22.5. The van der Waals surface area contributed by atoms with Gasteiger partial charge in [0.15, 0.2) is 11.4 Å². The molecule has 0 aliphatic heterocycles. The molecule has 4 aromatic heterocycles. The highest BCUT2D eigenvalue weighted by atomic mass is 19.4. The molecule has 210 valence electrons. The Hall–Kier alpha value is -4.64. The maximum absolute atomic E-state index is 13.6. The Bertz CT molecular complexity index is 1780. The van der Waals surface area contributed by atoms with E-state index in [0.717, 1.165) is 6.07 Å². The Labute approximate surface area is 233 Å². The van der Waals surface area contributed by atoms with Gasteiger partial charge in [0.25, 0.3) is 5.56 Å². The SMILES string of the molecule is Cc1cc(-c2nc3cc(OCCc4cccc(C(C)(C)O)n4)c(=O)[nH]c3nc2-c2ccccc2)cc(C(F)(F)F)n1. The van der Waals surface area contributed by atoms with E-state index in [-0.39, 0.29) is 40.5 Å². The van der Waals surface area contributed by atoms with Crippen molar-refractivity contribution in [3.63, 3.8) is 0 Å². The van der Waals surface area contributed by atoms with E-state index >= 15 is 0 Å². The van der Waals surface area contributed by atoms with Crippen molar-refractivity contribution in [1.82, 2.24) is 24.9 Å². The molecule has 0 saturated carbocycles. The average Bonchev–Trinajstić information content (AvgIpc) is 2.92. The highest BCUT2D eigenvalue weighted by Crippen LogP contribution is 2.35. The van der Waals surface area contributed by atoms with Crippen LogP contribution < -0.4 is 10.3 Å². The number of rotatable bonds is 7. The summed E-state index contributed by atoms with van der Waals surface area (Å²) in [5, 5.41) is 10.2. The van der Waals surface area contributed by atoms with Crippen LogP contribution >= 0.6 is 0 Å². The van der Waals surface area contributed by atoms with Crippen LogP contribution in [0, 0.1) is 6.92 Å². The van der Waals surface area contributed by atoms with E-state index in [4.69, 9.17) is 4.74 Å². The van der Waals surface area contributed by atoms with Crippen LogP contribution in [0.5, 0.6) is 5.75 Å². The van der Waals surface area contributed by atoms with Crippen LogP contribution in [0.4, 0.5) is 13.2 Å². The molecule has 41 heavy (non-hydrogen) atoms. The number of pyridine rings is 3. The van der Waals surface area contributed by atoms with Gasteiger partial charge in [-0.1, -0.05) is 36.4 Å². The molecule has 4 heterocycles. The summed E-state index contributed by atoms with van der Waals surface area (Å²) in [6.45, 7) is 4.86. The topological polar surface area (TPSA) is 114 Å². The first-order valence-corrected chi connectivity index (χ1v) is 12.8. The number of ether oxygens (including phenoxy) is 1. The molecule has 5 rings (SSSR count). The zero-order valence-electron chi connectivity index (χ0n) is 22.5. The minimum absolute atomic E-state index is 0.0225. The minimum atomic E-state index is -4.65. The largest absolute Gasteiger partial charge is 0.487 e. The Balaban J connectivity index is 1.54. The molecule has 0 aliphatic rings. The normalized spacial score (nSPS) is 12.1. The average molecular weight is 562 g/mol. The van der Waals surface area contributed by atoms with Crippen molar-refractivity contribution >= 4 is 11.2 Å². The minimum Gasteiger partial charge on any atom is -0.487 e. The van der Waals surface area contributed by atoms with Gasteiger partial charge in [-0.15, -0.1) is 0 Å². The fourth-order valence-electron chi connectivity index (χ4n) is 4.28. The highest BCUT2D eigenvalue weighted by Gasteiger charge is 2.33. The molecule has 0 atom stereocenters. The lowest BCUT2D eigenvalue weighted by Crippen LogP contribution is -2.19. The van der Waals surface area contributed by atoms with Crippen LogP contribution in [-0.2, 0) is 18.2 Å². The van der Waals surface area contributed by atoms with Crippen LogP contribution in [0.15, 0.2) is 71.5 Å². The summed E-state index contributed by atoms with van der Waals surface area (Å²) in [5.74, 6) is -0.0225. The van der Waals surface area contributed by atoms with Gasteiger partial charge in [-0.2, -0.15) is 13.2 Å². The second-order valence-electron chi connectivity index (χ2n) is 10.0. The predicted molar refractivity (Wildman–Crippen MR) is 147 cm³/mol. The van der Waals surface area contributed by atoms with E-state index in [1.54, 1.807) is 62.4 Å². The van der Waals surface area contributed by atoms with Gasteiger partial charge in [0, 0.05) is 35.0 Å². The first-order valence-electron chi connectivity index (χ1n) is 12.8. The number of hydrogen-bond donors (Lipinski definition) is 2. The third-order valence-corrected chi connectivity index (χ3v) is 6.26. The lowest BCUT2D eigenvalue weighted by molar-refractivity contribution is -0.141. The molecule has 8 nitrogen and oxygen atoms in total. The summed E-state index contributed by atoms with van der Waals surface area (Å²) in [6.07, 6.45) is -4.28. The maximum atomic E-state index is 13.6. The molecule has 2 N–H and O–H groups in total. The van der Waals surface area contributed by atoms with Gasteiger partial charge in [0.1, 0.15) is 16.8 Å². The monoisotopic (exact) mass is 561 g/mol. The zero-order chi connectivity index (χ0) is 29.4. The number of hydrogen-bond acceptors (Lipinski definition) is 7. The van der Waals surface area contributed by atoms with Gasteiger partial charge in [0.05, 0.1) is 23.7 Å². The first-order chi connectivity index (χ1) is 19.4. The lowest BCUT2D eigenvalue weighted by Gasteiger charge is -2.17. The molecule has 5 aromatic rings. The van der Waals surface area contributed by atoms with Gasteiger partial charge < -0.3 is 14.8 Å². The van der Waals surface area contributed by atoms with Crippen LogP contribution in [-0.4, -0.2) is 36.6 Å². The Morgan fingerprint density at radius 1 is 0.854 bits per heavy atom. The molecule has 0 radical (unpaired) electrons. The van der Waals surface area contributed by atoms with Crippen LogP contribution in [0.25, 0.3) is 33.7 Å².